The molecule has 0 bridgehead atoms. The van der Waals surface area contributed by atoms with Gasteiger partial charge in [0.05, 0.1) is 19.7 Å². The van der Waals surface area contributed by atoms with E-state index in [9.17, 15) is 9.59 Å². The van der Waals surface area contributed by atoms with Crippen molar-refractivity contribution in [3.8, 4) is 5.75 Å². The molecule has 1 aliphatic rings. The Labute approximate surface area is 138 Å². The smallest absolute Gasteiger partial charge is 0.242 e. The predicted octanol–water partition coefficient (Wildman–Crippen LogP) is 2.52. The van der Waals surface area contributed by atoms with Gasteiger partial charge in [-0.3, -0.25) is 9.59 Å². The maximum atomic E-state index is 12.5. The summed E-state index contributed by atoms with van der Waals surface area (Å²) in [7, 11) is 1.64. The number of rotatable bonds is 4. The number of carbonyl (C=O) groups excluding carboxylic acids is 2. The van der Waals surface area contributed by atoms with Gasteiger partial charge in [0.25, 0.3) is 0 Å². The summed E-state index contributed by atoms with van der Waals surface area (Å²) in [5.74, 6) is 0.675. The molecule has 5 heteroatoms. The van der Waals surface area contributed by atoms with E-state index in [2.05, 4.69) is 5.32 Å². The molecular formula is C18H26N2O3. The van der Waals surface area contributed by atoms with Crippen LogP contribution in [-0.4, -0.2) is 36.9 Å². The lowest BCUT2D eigenvalue weighted by atomic mass is 9.96. The fourth-order valence-electron chi connectivity index (χ4n) is 2.76. The van der Waals surface area contributed by atoms with E-state index in [1.165, 1.54) is 0 Å². The standard InChI is InChI=1S/C18H26N2O3/c1-18(2,3)17(22)19-12-16(21)20-11-5-6-15(20)13-7-9-14(23-4)10-8-13/h7-10,15H,5-6,11-12H2,1-4H3,(H,19,22). The Morgan fingerprint density at radius 1 is 1.26 bits per heavy atom. The highest BCUT2D eigenvalue weighted by atomic mass is 16.5. The van der Waals surface area contributed by atoms with Crippen LogP contribution in [0.2, 0.25) is 0 Å². The summed E-state index contributed by atoms with van der Waals surface area (Å²) in [5, 5.41) is 2.74. The van der Waals surface area contributed by atoms with Gasteiger partial charge in [0.15, 0.2) is 0 Å². The van der Waals surface area contributed by atoms with Crippen LogP contribution in [0.5, 0.6) is 5.75 Å². The third-order valence-electron chi connectivity index (χ3n) is 4.16. The van der Waals surface area contributed by atoms with Gasteiger partial charge in [-0.15, -0.1) is 0 Å². The third-order valence-corrected chi connectivity index (χ3v) is 4.16. The van der Waals surface area contributed by atoms with E-state index in [1.54, 1.807) is 7.11 Å². The lowest BCUT2D eigenvalue weighted by Crippen LogP contribution is -2.43. The Morgan fingerprint density at radius 3 is 2.48 bits per heavy atom. The summed E-state index contributed by atoms with van der Waals surface area (Å²) in [6.07, 6.45) is 1.93. The van der Waals surface area contributed by atoms with Crippen LogP contribution < -0.4 is 10.1 Å². The first kappa shape index (κ1) is 17.3. The normalized spacial score (nSPS) is 17.9. The Morgan fingerprint density at radius 2 is 1.91 bits per heavy atom. The van der Waals surface area contributed by atoms with E-state index < -0.39 is 5.41 Å². The van der Waals surface area contributed by atoms with Crippen molar-refractivity contribution < 1.29 is 14.3 Å². The molecule has 2 amide bonds. The molecule has 1 N–H and O–H groups in total. The molecule has 2 rings (SSSR count). The predicted molar refractivity (Wildman–Crippen MR) is 89.1 cm³/mol. The Kier molecular flexibility index (Phi) is 5.29. The molecule has 1 aromatic rings. The minimum absolute atomic E-state index is 0.0269. The Balaban J connectivity index is 2.00. The molecule has 0 aromatic heterocycles. The maximum absolute atomic E-state index is 12.5. The first-order valence-corrected chi connectivity index (χ1v) is 8.04. The molecule has 0 radical (unpaired) electrons. The van der Waals surface area contributed by atoms with Crippen LogP contribution in [0, 0.1) is 5.41 Å². The topological polar surface area (TPSA) is 58.6 Å². The number of nitrogens with one attached hydrogen (secondary N) is 1. The SMILES string of the molecule is COc1ccc(C2CCCN2C(=O)CNC(=O)C(C)(C)C)cc1. The van der Waals surface area contributed by atoms with E-state index in [-0.39, 0.29) is 24.4 Å². The summed E-state index contributed by atoms with van der Waals surface area (Å²) in [6, 6.07) is 7.92. The van der Waals surface area contributed by atoms with Crippen molar-refractivity contribution in [1.82, 2.24) is 10.2 Å². The van der Waals surface area contributed by atoms with E-state index in [1.807, 2.05) is 49.9 Å². The van der Waals surface area contributed by atoms with Crippen LogP contribution in [0.15, 0.2) is 24.3 Å². The molecule has 1 aliphatic heterocycles. The second-order valence-corrected chi connectivity index (χ2v) is 6.95. The van der Waals surface area contributed by atoms with Gasteiger partial charge in [0, 0.05) is 12.0 Å². The van der Waals surface area contributed by atoms with Crippen molar-refractivity contribution >= 4 is 11.8 Å². The van der Waals surface area contributed by atoms with E-state index in [0.29, 0.717) is 0 Å². The molecule has 1 fully saturated rings. The Hall–Kier alpha value is -2.04. The highest BCUT2D eigenvalue weighted by Crippen LogP contribution is 2.32. The van der Waals surface area contributed by atoms with Crippen molar-refractivity contribution in [2.24, 2.45) is 5.41 Å². The molecule has 23 heavy (non-hydrogen) atoms. The molecule has 1 aromatic carbocycles. The fourth-order valence-corrected chi connectivity index (χ4v) is 2.76. The van der Waals surface area contributed by atoms with Gasteiger partial charge >= 0.3 is 0 Å². The summed E-state index contributed by atoms with van der Waals surface area (Å²) in [4.78, 5) is 26.2. The zero-order valence-corrected chi connectivity index (χ0v) is 14.4. The Bertz CT molecular complexity index is 561. The zero-order chi connectivity index (χ0) is 17.0. The number of amides is 2. The monoisotopic (exact) mass is 318 g/mol. The van der Waals surface area contributed by atoms with Crippen LogP contribution in [-0.2, 0) is 9.59 Å². The minimum atomic E-state index is -0.485. The molecule has 5 nitrogen and oxygen atoms in total. The second-order valence-electron chi connectivity index (χ2n) is 6.95. The number of hydrogen-bond acceptors (Lipinski definition) is 3. The average Bonchev–Trinajstić information content (AvgIpc) is 3.01. The number of hydrogen-bond donors (Lipinski definition) is 1. The summed E-state index contributed by atoms with van der Waals surface area (Å²) in [5.41, 5.74) is 0.625. The van der Waals surface area contributed by atoms with Gasteiger partial charge in [0.2, 0.25) is 11.8 Å². The van der Waals surface area contributed by atoms with Crippen LogP contribution in [0.25, 0.3) is 0 Å². The quantitative estimate of drug-likeness (QED) is 0.928. The summed E-state index contributed by atoms with van der Waals surface area (Å²) >= 11 is 0. The summed E-state index contributed by atoms with van der Waals surface area (Å²) < 4.78 is 5.17. The minimum Gasteiger partial charge on any atom is -0.497 e. The number of benzene rings is 1. The van der Waals surface area contributed by atoms with Crippen molar-refractivity contribution in [1.29, 1.82) is 0 Å². The van der Waals surface area contributed by atoms with Gasteiger partial charge in [-0.1, -0.05) is 32.9 Å². The second kappa shape index (κ2) is 7.02. The molecule has 1 unspecified atom stereocenters. The van der Waals surface area contributed by atoms with Crippen LogP contribution >= 0.6 is 0 Å². The number of likely N-dealkylation sites (tertiary alicyclic amines) is 1. The summed E-state index contributed by atoms with van der Waals surface area (Å²) in [6.45, 7) is 6.30. The van der Waals surface area contributed by atoms with E-state index >= 15 is 0 Å². The maximum Gasteiger partial charge on any atom is 0.242 e. The zero-order valence-electron chi connectivity index (χ0n) is 14.4. The van der Waals surface area contributed by atoms with Crippen LogP contribution in [0.3, 0.4) is 0 Å². The van der Waals surface area contributed by atoms with Crippen LogP contribution in [0.4, 0.5) is 0 Å². The van der Waals surface area contributed by atoms with Gasteiger partial charge in [-0.25, -0.2) is 0 Å². The molecule has 0 aliphatic carbocycles. The highest BCUT2D eigenvalue weighted by molar-refractivity contribution is 5.87. The molecule has 126 valence electrons. The van der Waals surface area contributed by atoms with E-state index in [4.69, 9.17) is 4.74 Å². The first-order valence-electron chi connectivity index (χ1n) is 8.04. The number of ether oxygens (including phenoxy) is 1. The average molecular weight is 318 g/mol. The van der Waals surface area contributed by atoms with Gasteiger partial charge in [0.1, 0.15) is 5.75 Å². The molecule has 1 saturated heterocycles. The molecule has 0 saturated carbocycles. The first-order chi connectivity index (χ1) is 10.8. The number of nitrogens with zero attached hydrogens (tertiary/aromatic N) is 1. The fraction of sp³-hybridized carbons (Fsp3) is 0.556. The van der Waals surface area contributed by atoms with Crippen molar-refractivity contribution in [3.05, 3.63) is 29.8 Å². The number of methoxy groups -OCH3 is 1. The van der Waals surface area contributed by atoms with Gasteiger partial charge < -0.3 is 15.0 Å². The highest BCUT2D eigenvalue weighted by Gasteiger charge is 2.30. The molecule has 0 spiro atoms. The van der Waals surface area contributed by atoms with E-state index in [0.717, 1.165) is 30.7 Å². The van der Waals surface area contributed by atoms with Crippen molar-refractivity contribution in [2.75, 3.05) is 20.2 Å². The van der Waals surface area contributed by atoms with Crippen molar-refractivity contribution in [3.63, 3.8) is 0 Å². The number of carbonyl (C=O) groups is 2. The largest absolute Gasteiger partial charge is 0.497 e. The van der Waals surface area contributed by atoms with Crippen molar-refractivity contribution in [2.45, 2.75) is 39.7 Å². The van der Waals surface area contributed by atoms with Crippen LogP contribution in [0.1, 0.15) is 45.2 Å². The van der Waals surface area contributed by atoms with Gasteiger partial charge in [-0.05, 0) is 30.5 Å². The molecular weight excluding hydrogens is 292 g/mol. The lowest BCUT2D eigenvalue weighted by Gasteiger charge is -2.26. The lowest BCUT2D eigenvalue weighted by molar-refractivity contribution is -0.135. The molecule has 1 heterocycles. The molecule has 1 atom stereocenters. The van der Waals surface area contributed by atoms with Gasteiger partial charge in [-0.2, -0.15) is 0 Å². The third kappa shape index (κ3) is 4.24.